The van der Waals surface area contributed by atoms with Gasteiger partial charge in [0.05, 0.1) is 5.41 Å². The third-order valence-corrected chi connectivity index (χ3v) is 4.29. The van der Waals surface area contributed by atoms with E-state index >= 15 is 0 Å². The predicted octanol–water partition coefficient (Wildman–Crippen LogP) is 2.74. The monoisotopic (exact) mass is 314 g/mol. The molecule has 1 amide bonds. The molecule has 21 heavy (non-hydrogen) atoms. The number of hydrogen-bond acceptors (Lipinski definition) is 2. The van der Waals surface area contributed by atoms with Crippen LogP contribution >= 0.6 is 12.4 Å². The number of carbonyl (C=O) groups excluding carboxylic acids is 1. The zero-order valence-corrected chi connectivity index (χ0v) is 13.7. The molecule has 118 valence electrons. The molecule has 0 spiro atoms. The number of nitrogens with one attached hydrogen (secondary N) is 1. The average molecular weight is 315 g/mol. The van der Waals surface area contributed by atoms with E-state index in [0.717, 1.165) is 31.5 Å². The number of nitrogens with zero attached hydrogens (tertiary/aromatic N) is 1. The Kier molecular flexibility index (Phi) is 6.17. The fraction of sp³-hybridized carbons (Fsp3) is 0.562. The van der Waals surface area contributed by atoms with Crippen molar-refractivity contribution < 1.29 is 9.18 Å². The molecule has 3 nitrogen and oxygen atoms in total. The van der Waals surface area contributed by atoms with Crippen LogP contribution in [0.1, 0.15) is 32.3 Å². The number of benzene rings is 1. The van der Waals surface area contributed by atoms with E-state index in [1.54, 1.807) is 12.1 Å². The summed E-state index contributed by atoms with van der Waals surface area (Å²) in [5.74, 6) is -0.148. The van der Waals surface area contributed by atoms with Gasteiger partial charge in [-0.25, -0.2) is 4.39 Å². The molecule has 1 aromatic carbocycles. The zero-order valence-electron chi connectivity index (χ0n) is 12.9. The van der Waals surface area contributed by atoms with Crippen LogP contribution < -0.4 is 5.32 Å². The minimum atomic E-state index is -0.611. The summed E-state index contributed by atoms with van der Waals surface area (Å²) in [5.41, 5.74) is 0.250. The molecule has 0 aromatic heterocycles. The summed E-state index contributed by atoms with van der Waals surface area (Å²) in [6.45, 7) is 5.39. The summed E-state index contributed by atoms with van der Waals surface area (Å²) in [6, 6.07) is 6.74. The van der Waals surface area contributed by atoms with E-state index in [2.05, 4.69) is 5.32 Å². The molecule has 1 aromatic rings. The second kappa shape index (κ2) is 7.23. The van der Waals surface area contributed by atoms with Crippen LogP contribution in [-0.4, -0.2) is 37.0 Å². The maximum Gasteiger partial charge on any atom is 0.232 e. The van der Waals surface area contributed by atoms with Gasteiger partial charge in [-0.1, -0.05) is 12.1 Å². The lowest BCUT2D eigenvalue weighted by atomic mass is 9.82. The number of rotatable bonds is 3. The number of hydrogen-bond donors (Lipinski definition) is 1. The van der Waals surface area contributed by atoms with Crippen molar-refractivity contribution in [2.24, 2.45) is 0 Å². The molecule has 2 rings (SSSR count). The fourth-order valence-electron chi connectivity index (χ4n) is 2.76. The largest absolute Gasteiger partial charge is 0.342 e. The van der Waals surface area contributed by atoms with Gasteiger partial charge in [-0.05, 0) is 51.4 Å². The molecule has 0 radical (unpaired) electrons. The standard InChI is InChI=1S/C16H23FN2O.ClH/c1-16(2,12-4-6-13(17)7-5-12)15(20)19-10-8-14(18-3)9-11-19;/h4-7,14,18H,8-11H2,1-3H3;1H. The molecule has 0 unspecified atom stereocenters. The SMILES string of the molecule is CNC1CCN(C(=O)C(C)(C)c2ccc(F)cc2)CC1.Cl. The maximum atomic E-state index is 13.0. The lowest BCUT2D eigenvalue weighted by Gasteiger charge is -2.37. The molecule has 1 saturated heterocycles. The van der Waals surface area contributed by atoms with Gasteiger partial charge in [0, 0.05) is 19.1 Å². The Morgan fingerprint density at radius 2 is 1.76 bits per heavy atom. The number of likely N-dealkylation sites (tertiary alicyclic amines) is 1. The van der Waals surface area contributed by atoms with Crippen LogP contribution in [-0.2, 0) is 10.2 Å². The molecule has 1 fully saturated rings. The molecule has 0 atom stereocenters. The lowest BCUT2D eigenvalue weighted by molar-refractivity contribution is -0.137. The van der Waals surface area contributed by atoms with Crippen LogP contribution in [0.5, 0.6) is 0 Å². The molecule has 1 heterocycles. The van der Waals surface area contributed by atoms with E-state index < -0.39 is 5.41 Å². The minimum Gasteiger partial charge on any atom is -0.342 e. The van der Waals surface area contributed by atoms with E-state index in [1.807, 2.05) is 25.8 Å². The Morgan fingerprint density at radius 1 is 1.24 bits per heavy atom. The van der Waals surface area contributed by atoms with Crippen molar-refractivity contribution in [2.45, 2.75) is 38.1 Å². The van der Waals surface area contributed by atoms with E-state index in [4.69, 9.17) is 0 Å². The average Bonchev–Trinajstić information content (AvgIpc) is 2.47. The van der Waals surface area contributed by atoms with Gasteiger partial charge in [-0.3, -0.25) is 4.79 Å². The van der Waals surface area contributed by atoms with Crippen molar-refractivity contribution in [2.75, 3.05) is 20.1 Å². The first-order valence-corrected chi connectivity index (χ1v) is 7.18. The minimum absolute atomic E-state index is 0. The quantitative estimate of drug-likeness (QED) is 0.930. The summed E-state index contributed by atoms with van der Waals surface area (Å²) in [4.78, 5) is 14.6. The predicted molar refractivity (Wildman–Crippen MR) is 85.3 cm³/mol. The van der Waals surface area contributed by atoms with Gasteiger partial charge in [0.15, 0.2) is 0 Å². The van der Waals surface area contributed by atoms with E-state index in [1.165, 1.54) is 12.1 Å². The van der Waals surface area contributed by atoms with Crippen LogP contribution in [0.3, 0.4) is 0 Å². The number of halogens is 2. The first kappa shape index (κ1) is 17.9. The third-order valence-electron chi connectivity index (χ3n) is 4.29. The maximum absolute atomic E-state index is 13.0. The highest BCUT2D eigenvalue weighted by atomic mass is 35.5. The highest BCUT2D eigenvalue weighted by molar-refractivity contribution is 5.87. The van der Waals surface area contributed by atoms with E-state index in [-0.39, 0.29) is 24.1 Å². The molecule has 1 aliphatic rings. The Bertz CT molecular complexity index is 468. The molecule has 0 bridgehead atoms. The van der Waals surface area contributed by atoms with Crippen molar-refractivity contribution in [1.82, 2.24) is 10.2 Å². The van der Waals surface area contributed by atoms with Crippen molar-refractivity contribution in [3.63, 3.8) is 0 Å². The van der Waals surface area contributed by atoms with Crippen LogP contribution in [0, 0.1) is 5.82 Å². The van der Waals surface area contributed by atoms with E-state index in [9.17, 15) is 9.18 Å². The summed E-state index contributed by atoms with van der Waals surface area (Å²) in [7, 11) is 1.96. The molecular weight excluding hydrogens is 291 g/mol. The Balaban J connectivity index is 0.00000220. The van der Waals surface area contributed by atoms with Gasteiger partial charge < -0.3 is 10.2 Å². The Hall–Kier alpha value is -1.13. The zero-order chi connectivity index (χ0) is 14.8. The topological polar surface area (TPSA) is 32.3 Å². The Morgan fingerprint density at radius 3 is 2.24 bits per heavy atom. The summed E-state index contributed by atoms with van der Waals surface area (Å²) >= 11 is 0. The fourth-order valence-corrected chi connectivity index (χ4v) is 2.76. The third kappa shape index (κ3) is 3.95. The van der Waals surface area contributed by atoms with Gasteiger partial charge in [0.2, 0.25) is 5.91 Å². The molecule has 1 N–H and O–H groups in total. The molecule has 0 saturated carbocycles. The van der Waals surface area contributed by atoms with Crippen LogP contribution in [0.15, 0.2) is 24.3 Å². The van der Waals surface area contributed by atoms with Crippen LogP contribution in [0.4, 0.5) is 4.39 Å². The number of carbonyl (C=O) groups is 1. The van der Waals surface area contributed by atoms with Gasteiger partial charge in [0.1, 0.15) is 5.82 Å². The van der Waals surface area contributed by atoms with Crippen LogP contribution in [0.25, 0.3) is 0 Å². The van der Waals surface area contributed by atoms with Gasteiger partial charge in [0.25, 0.3) is 0 Å². The van der Waals surface area contributed by atoms with Crippen LogP contribution in [0.2, 0.25) is 0 Å². The number of piperidine rings is 1. The number of amides is 1. The molecule has 5 heteroatoms. The normalized spacial score (nSPS) is 16.5. The van der Waals surface area contributed by atoms with Crippen molar-refractivity contribution in [1.29, 1.82) is 0 Å². The lowest BCUT2D eigenvalue weighted by Crippen LogP contribution is -2.49. The Labute approximate surface area is 132 Å². The van der Waals surface area contributed by atoms with Crippen molar-refractivity contribution in [3.05, 3.63) is 35.6 Å². The second-order valence-corrected chi connectivity index (χ2v) is 5.99. The molecule has 1 aliphatic heterocycles. The summed E-state index contributed by atoms with van der Waals surface area (Å²) < 4.78 is 13.0. The summed E-state index contributed by atoms with van der Waals surface area (Å²) in [6.07, 6.45) is 1.98. The second-order valence-electron chi connectivity index (χ2n) is 5.99. The first-order chi connectivity index (χ1) is 9.45. The van der Waals surface area contributed by atoms with Gasteiger partial charge in [-0.15, -0.1) is 12.4 Å². The summed E-state index contributed by atoms with van der Waals surface area (Å²) in [5, 5.41) is 3.26. The smallest absolute Gasteiger partial charge is 0.232 e. The molecular formula is C16H24ClFN2O. The van der Waals surface area contributed by atoms with Crippen molar-refractivity contribution >= 4 is 18.3 Å². The van der Waals surface area contributed by atoms with Gasteiger partial charge in [-0.2, -0.15) is 0 Å². The highest BCUT2D eigenvalue weighted by Gasteiger charge is 2.35. The highest BCUT2D eigenvalue weighted by Crippen LogP contribution is 2.27. The first-order valence-electron chi connectivity index (χ1n) is 7.18. The van der Waals surface area contributed by atoms with E-state index in [0.29, 0.717) is 6.04 Å². The van der Waals surface area contributed by atoms with Gasteiger partial charge >= 0.3 is 0 Å². The van der Waals surface area contributed by atoms with Crippen molar-refractivity contribution in [3.8, 4) is 0 Å². The molecule has 0 aliphatic carbocycles.